The van der Waals surface area contributed by atoms with Crippen molar-refractivity contribution in [3.63, 3.8) is 0 Å². The van der Waals surface area contributed by atoms with Gasteiger partial charge in [-0.2, -0.15) is 0 Å². The van der Waals surface area contributed by atoms with Crippen molar-refractivity contribution >= 4 is 40.0 Å². The van der Waals surface area contributed by atoms with E-state index in [1.807, 2.05) is 0 Å². The Bertz CT molecular complexity index is 414. The molecule has 0 aliphatic carbocycles. The number of hydrogen-bond acceptors (Lipinski definition) is 3. The minimum atomic E-state index is -1.40. The van der Waals surface area contributed by atoms with Gasteiger partial charge in [-0.15, -0.1) is 0 Å². The predicted molar refractivity (Wildman–Crippen MR) is 69.0 cm³/mol. The molecule has 94 valence electrons. The minimum Gasteiger partial charge on any atom is -0.466 e. The molecule has 0 saturated heterocycles. The van der Waals surface area contributed by atoms with E-state index < -0.39 is 10.8 Å². The van der Waals surface area contributed by atoms with Gasteiger partial charge in [0.05, 0.1) is 38.8 Å². The zero-order chi connectivity index (χ0) is 12.8. The molecule has 3 nitrogen and oxygen atoms in total. The zero-order valence-corrected chi connectivity index (χ0v) is 11.6. The number of esters is 1. The summed E-state index contributed by atoms with van der Waals surface area (Å²) in [5.41, 5.74) is 0. The van der Waals surface area contributed by atoms with Crippen molar-refractivity contribution in [1.29, 1.82) is 0 Å². The molecule has 0 radical (unpaired) electrons. The molecule has 0 bridgehead atoms. The first kappa shape index (κ1) is 14.5. The van der Waals surface area contributed by atoms with Crippen LogP contribution < -0.4 is 0 Å². The van der Waals surface area contributed by atoms with Crippen molar-refractivity contribution in [3.8, 4) is 0 Å². The summed E-state index contributed by atoms with van der Waals surface area (Å²) in [5, 5.41) is 0.694. The van der Waals surface area contributed by atoms with E-state index in [0.717, 1.165) is 0 Å². The molecule has 0 aromatic heterocycles. The Morgan fingerprint density at radius 3 is 2.47 bits per heavy atom. The molecule has 0 saturated carbocycles. The summed E-state index contributed by atoms with van der Waals surface area (Å²) >= 11 is 11.8. The van der Waals surface area contributed by atoms with E-state index >= 15 is 0 Å². The summed E-state index contributed by atoms with van der Waals surface area (Å²) in [6.07, 6.45) is 0.0853. The van der Waals surface area contributed by atoms with Crippen molar-refractivity contribution in [2.24, 2.45) is 0 Å². The topological polar surface area (TPSA) is 43.4 Å². The zero-order valence-electron chi connectivity index (χ0n) is 9.24. The maximum absolute atomic E-state index is 11.9. The highest BCUT2D eigenvalue weighted by atomic mass is 35.5. The lowest BCUT2D eigenvalue weighted by Crippen LogP contribution is -2.09. The maximum atomic E-state index is 11.9. The minimum absolute atomic E-state index is 0.0853. The van der Waals surface area contributed by atoms with Gasteiger partial charge in [-0.3, -0.25) is 9.00 Å². The molecular formula is C11H12Cl2O3S. The molecule has 0 heterocycles. The van der Waals surface area contributed by atoms with Gasteiger partial charge >= 0.3 is 5.97 Å². The van der Waals surface area contributed by atoms with Gasteiger partial charge in [0, 0.05) is 5.75 Å². The lowest BCUT2D eigenvalue weighted by molar-refractivity contribution is -0.142. The number of halogens is 2. The molecule has 1 unspecified atom stereocenters. The predicted octanol–water partition coefficient (Wildman–Crippen LogP) is 3.05. The van der Waals surface area contributed by atoms with Gasteiger partial charge in [0.1, 0.15) is 0 Å². The Morgan fingerprint density at radius 2 is 1.94 bits per heavy atom. The summed E-state index contributed by atoms with van der Waals surface area (Å²) in [7, 11) is -1.40. The summed E-state index contributed by atoms with van der Waals surface area (Å²) < 4.78 is 16.7. The van der Waals surface area contributed by atoms with Crippen molar-refractivity contribution in [1.82, 2.24) is 0 Å². The number of carbonyl (C=O) groups excluding carboxylic acids is 1. The third-order valence-electron chi connectivity index (χ3n) is 1.94. The SMILES string of the molecule is CCOC(=O)CCS(=O)c1c(Cl)cccc1Cl. The van der Waals surface area contributed by atoms with Crippen LogP contribution in [0.1, 0.15) is 13.3 Å². The molecule has 6 heteroatoms. The number of hydrogen-bond donors (Lipinski definition) is 0. The van der Waals surface area contributed by atoms with Crippen LogP contribution in [-0.2, 0) is 20.3 Å². The first-order valence-electron chi connectivity index (χ1n) is 5.04. The van der Waals surface area contributed by atoms with Crippen molar-refractivity contribution in [2.45, 2.75) is 18.2 Å². The lowest BCUT2D eigenvalue weighted by atomic mass is 10.4. The highest BCUT2D eigenvalue weighted by molar-refractivity contribution is 7.85. The van der Waals surface area contributed by atoms with Crippen LogP contribution in [0.15, 0.2) is 23.1 Å². The fourth-order valence-corrected chi connectivity index (χ4v) is 3.25. The molecule has 17 heavy (non-hydrogen) atoms. The van der Waals surface area contributed by atoms with E-state index in [1.54, 1.807) is 25.1 Å². The van der Waals surface area contributed by atoms with Gasteiger partial charge < -0.3 is 4.74 Å². The molecule has 0 fully saturated rings. The van der Waals surface area contributed by atoms with Crippen LogP contribution in [0.5, 0.6) is 0 Å². The van der Waals surface area contributed by atoms with Crippen LogP contribution in [0.4, 0.5) is 0 Å². The molecule has 0 aliphatic rings. The third-order valence-corrected chi connectivity index (χ3v) is 4.27. The van der Waals surface area contributed by atoms with E-state index in [4.69, 9.17) is 27.9 Å². The second-order valence-corrected chi connectivity index (χ2v) is 5.48. The molecule has 0 N–H and O–H groups in total. The Labute approximate surface area is 113 Å². The molecular weight excluding hydrogens is 283 g/mol. The smallest absolute Gasteiger partial charge is 0.306 e. The number of ether oxygens (including phenoxy) is 1. The lowest BCUT2D eigenvalue weighted by Gasteiger charge is -2.06. The van der Waals surface area contributed by atoms with Gasteiger partial charge in [-0.1, -0.05) is 29.3 Å². The second kappa shape index (κ2) is 6.99. The Kier molecular flexibility index (Phi) is 5.95. The quantitative estimate of drug-likeness (QED) is 0.784. The molecule has 0 aliphatic heterocycles. The van der Waals surface area contributed by atoms with E-state index in [1.165, 1.54) is 0 Å². The van der Waals surface area contributed by atoms with Crippen LogP contribution in [0, 0.1) is 0 Å². The first-order chi connectivity index (χ1) is 8.06. The monoisotopic (exact) mass is 294 g/mol. The summed E-state index contributed by atoms with van der Waals surface area (Å²) in [6, 6.07) is 4.91. The van der Waals surface area contributed by atoms with Gasteiger partial charge in [-0.25, -0.2) is 0 Å². The third kappa shape index (κ3) is 4.30. The number of rotatable bonds is 5. The molecule has 1 aromatic rings. The van der Waals surface area contributed by atoms with Gasteiger partial charge in [0.15, 0.2) is 0 Å². The van der Waals surface area contributed by atoms with Crippen LogP contribution in [0.25, 0.3) is 0 Å². The summed E-state index contributed by atoms with van der Waals surface area (Å²) in [4.78, 5) is 11.5. The Hall–Kier alpha value is -0.580. The maximum Gasteiger partial charge on any atom is 0.306 e. The molecule has 1 atom stereocenters. The Morgan fingerprint density at radius 1 is 1.35 bits per heavy atom. The second-order valence-electron chi connectivity index (χ2n) is 3.16. The van der Waals surface area contributed by atoms with Crippen molar-refractivity contribution in [2.75, 3.05) is 12.4 Å². The normalized spacial score (nSPS) is 12.2. The number of benzene rings is 1. The molecule has 0 amide bonds. The van der Waals surface area contributed by atoms with E-state index in [-0.39, 0.29) is 18.1 Å². The first-order valence-corrected chi connectivity index (χ1v) is 7.11. The van der Waals surface area contributed by atoms with Crippen molar-refractivity contribution in [3.05, 3.63) is 28.2 Å². The standard InChI is InChI=1S/C11H12Cl2O3S/c1-2-16-10(14)6-7-17(15)11-8(12)4-3-5-9(11)13/h3-5H,2,6-7H2,1H3. The van der Waals surface area contributed by atoms with E-state index in [9.17, 15) is 9.00 Å². The van der Waals surface area contributed by atoms with E-state index in [0.29, 0.717) is 21.5 Å². The fraction of sp³-hybridized carbons (Fsp3) is 0.364. The summed E-state index contributed by atoms with van der Waals surface area (Å²) in [6.45, 7) is 2.04. The van der Waals surface area contributed by atoms with Gasteiger partial charge in [0.25, 0.3) is 0 Å². The highest BCUT2D eigenvalue weighted by Crippen LogP contribution is 2.27. The number of carbonyl (C=O) groups is 1. The largest absolute Gasteiger partial charge is 0.466 e. The highest BCUT2D eigenvalue weighted by Gasteiger charge is 2.14. The molecule has 1 aromatic carbocycles. The Balaban J connectivity index is 2.68. The van der Waals surface area contributed by atoms with Crippen LogP contribution in [-0.4, -0.2) is 22.5 Å². The summed E-state index contributed by atoms with van der Waals surface area (Å²) in [5.74, 6) is -0.216. The van der Waals surface area contributed by atoms with Crippen LogP contribution in [0.2, 0.25) is 10.0 Å². The van der Waals surface area contributed by atoms with E-state index in [2.05, 4.69) is 0 Å². The average Bonchev–Trinajstić information content (AvgIpc) is 2.26. The van der Waals surface area contributed by atoms with Crippen LogP contribution in [0.3, 0.4) is 0 Å². The van der Waals surface area contributed by atoms with Gasteiger partial charge in [-0.05, 0) is 19.1 Å². The molecule has 1 rings (SSSR count). The van der Waals surface area contributed by atoms with Crippen LogP contribution >= 0.6 is 23.2 Å². The fourth-order valence-electron chi connectivity index (χ4n) is 1.21. The average molecular weight is 295 g/mol. The van der Waals surface area contributed by atoms with Crippen molar-refractivity contribution < 1.29 is 13.7 Å². The molecule has 0 spiro atoms. The van der Waals surface area contributed by atoms with Gasteiger partial charge in [0.2, 0.25) is 0 Å².